The summed E-state index contributed by atoms with van der Waals surface area (Å²) >= 11 is 0. The number of carbonyl (C=O) groups is 4. The molecule has 18 nitrogen and oxygen atoms in total. The van der Waals surface area contributed by atoms with Crippen LogP contribution in [0.1, 0.15) is 76.1 Å². The van der Waals surface area contributed by atoms with Gasteiger partial charge in [-0.15, -0.1) is 0 Å². The molecule has 0 bridgehead atoms. The van der Waals surface area contributed by atoms with E-state index in [4.69, 9.17) is 0 Å². The first-order valence-corrected chi connectivity index (χ1v) is 23.2. The van der Waals surface area contributed by atoms with Gasteiger partial charge in [-0.2, -0.15) is 18.2 Å². The lowest BCUT2D eigenvalue weighted by atomic mass is 9.94. The summed E-state index contributed by atoms with van der Waals surface area (Å²) in [6.07, 6.45) is 3.68. The molecule has 344 valence electrons. The Labute approximate surface area is 373 Å². The largest absolute Gasteiger partial charge is 0.421 e. The van der Waals surface area contributed by atoms with E-state index in [2.05, 4.69) is 51.0 Å². The van der Waals surface area contributed by atoms with Crippen LogP contribution < -0.4 is 30.5 Å². The number of nitrogens with zero attached hydrogens (tertiary/aromatic N) is 8. The third-order valence-electron chi connectivity index (χ3n) is 12.4. The molecule has 0 saturated carbocycles. The predicted octanol–water partition coefficient (Wildman–Crippen LogP) is 3.91. The number of nitrogens with one attached hydrogen (secondary N) is 4. The van der Waals surface area contributed by atoms with Crippen LogP contribution in [0.4, 0.5) is 42.1 Å². The number of alkyl halides is 3. The van der Waals surface area contributed by atoms with Gasteiger partial charge >= 0.3 is 6.18 Å². The van der Waals surface area contributed by atoms with Gasteiger partial charge in [-0.3, -0.25) is 38.7 Å². The number of hydrogen-bond acceptors (Lipinski definition) is 15. The third kappa shape index (κ3) is 10.3. The van der Waals surface area contributed by atoms with Crippen molar-refractivity contribution < 1.29 is 40.8 Å². The van der Waals surface area contributed by atoms with Gasteiger partial charge in [-0.25, -0.2) is 18.4 Å². The lowest BCUT2D eigenvalue weighted by Gasteiger charge is -2.38. The first-order chi connectivity index (χ1) is 31.0. The number of halogens is 3. The second kappa shape index (κ2) is 18.7. The molecule has 4 aliphatic heterocycles. The van der Waals surface area contributed by atoms with E-state index >= 15 is 0 Å². The van der Waals surface area contributed by atoms with Crippen molar-refractivity contribution in [1.29, 1.82) is 0 Å². The Kier molecular flexibility index (Phi) is 13.0. The van der Waals surface area contributed by atoms with Crippen molar-refractivity contribution in [2.24, 2.45) is 5.92 Å². The molecule has 4 aliphatic rings. The summed E-state index contributed by atoms with van der Waals surface area (Å²) in [5, 5.41) is 11.5. The molecule has 4 N–H and O–H groups in total. The molecule has 4 aromatic rings. The van der Waals surface area contributed by atoms with E-state index in [-0.39, 0.29) is 48.0 Å². The van der Waals surface area contributed by atoms with Gasteiger partial charge < -0.3 is 25.8 Å². The Morgan fingerprint density at radius 1 is 0.862 bits per heavy atom. The standard InChI is InChI=1S/C43H49F3N12O6S/c1-55(65(2,63)64)38-34(47-15-16-48-38)24-50-37-33(43(44,45)46)23-51-42(54-37)52-29-5-3-26(4-6-29)22-49-28-13-17-56(18-14-28)25-27-11-19-57(20-12-27)30-7-8-31-32(21-30)41(62)58(40(31)61)35-9-10-36(59)53-39(35)60/h3-8,15-16,21,23,27-28,35,49H,9-14,17-20,22,24-25H2,1-2H3,(H,53,59,60)(H2,50,51,52,54). The fourth-order valence-electron chi connectivity index (χ4n) is 8.67. The number of likely N-dealkylation sites (tertiary alicyclic amines) is 1. The maximum atomic E-state index is 13.9. The molecule has 1 unspecified atom stereocenters. The lowest BCUT2D eigenvalue weighted by molar-refractivity contribution is -0.138. The Morgan fingerprint density at radius 3 is 2.26 bits per heavy atom. The molecule has 1 atom stereocenters. The molecule has 2 aromatic heterocycles. The molecule has 3 saturated heterocycles. The second-order valence-corrected chi connectivity index (χ2v) is 18.8. The number of benzene rings is 2. The van der Waals surface area contributed by atoms with Crippen LogP contribution in [0.2, 0.25) is 0 Å². The van der Waals surface area contributed by atoms with Crippen LogP contribution >= 0.6 is 0 Å². The second-order valence-electron chi connectivity index (χ2n) is 16.7. The molecule has 65 heavy (non-hydrogen) atoms. The first kappa shape index (κ1) is 45.3. The number of fused-ring (bicyclic) bond motifs is 1. The number of rotatable bonds is 14. The van der Waals surface area contributed by atoms with Gasteiger partial charge in [0.15, 0.2) is 5.82 Å². The molecule has 3 fully saturated rings. The summed E-state index contributed by atoms with van der Waals surface area (Å²) in [4.78, 5) is 72.4. The van der Waals surface area contributed by atoms with E-state index in [0.29, 0.717) is 30.4 Å². The third-order valence-corrected chi connectivity index (χ3v) is 13.5. The van der Waals surface area contributed by atoms with Crippen LogP contribution in [0.5, 0.6) is 0 Å². The predicted molar refractivity (Wildman–Crippen MR) is 234 cm³/mol. The van der Waals surface area contributed by atoms with Crippen molar-refractivity contribution in [1.82, 2.24) is 40.4 Å². The summed E-state index contributed by atoms with van der Waals surface area (Å²) in [6, 6.07) is 12.1. The van der Waals surface area contributed by atoms with Gasteiger partial charge in [-0.05, 0) is 87.0 Å². The van der Waals surface area contributed by atoms with Gasteiger partial charge in [-0.1, -0.05) is 12.1 Å². The summed E-state index contributed by atoms with van der Waals surface area (Å²) in [7, 11) is -2.44. The van der Waals surface area contributed by atoms with Crippen LogP contribution in [0, 0.1) is 5.92 Å². The van der Waals surface area contributed by atoms with Crippen LogP contribution in [-0.4, -0.2) is 120 Å². The number of piperidine rings is 3. The monoisotopic (exact) mass is 918 g/mol. The van der Waals surface area contributed by atoms with Gasteiger partial charge in [0, 0.05) is 75.7 Å². The highest BCUT2D eigenvalue weighted by atomic mass is 32.2. The van der Waals surface area contributed by atoms with Crippen molar-refractivity contribution in [3.8, 4) is 0 Å². The molecule has 0 radical (unpaired) electrons. The minimum Gasteiger partial charge on any atom is -0.371 e. The van der Waals surface area contributed by atoms with E-state index in [1.54, 1.807) is 24.3 Å². The van der Waals surface area contributed by atoms with Crippen molar-refractivity contribution in [3.63, 3.8) is 0 Å². The number of amides is 4. The average Bonchev–Trinajstić information content (AvgIpc) is 3.53. The normalized spacial score (nSPS) is 19.1. The van der Waals surface area contributed by atoms with Crippen LogP contribution in [0.25, 0.3) is 0 Å². The van der Waals surface area contributed by atoms with Crippen molar-refractivity contribution >= 4 is 62.6 Å². The minimum absolute atomic E-state index is 0.0330. The Hall–Kier alpha value is -6.26. The SMILES string of the molecule is CN(c1nccnc1CNc1nc(Nc2ccc(CNC3CCN(CC4CCN(c5ccc6c(c5)C(=O)N(C5CCC(=O)NC5=O)C6=O)CC4)CC3)cc2)ncc1C(F)(F)F)S(C)(=O)=O. The molecule has 2 aromatic carbocycles. The molecule has 22 heteroatoms. The quantitative estimate of drug-likeness (QED) is 0.132. The minimum atomic E-state index is -4.77. The fraction of sp³-hybridized carbons (Fsp3) is 0.442. The maximum Gasteiger partial charge on any atom is 0.421 e. The zero-order valence-corrected chi connectivity index (χ0v) is 36.6. The van der Waals surface area contributed by atoms with E-state index in [1.165, 1.54) is 19.4 Å². The molecule has 0 aliphatic carbocycles. The van der Waals surface area contributed by atoms with Crippen molar-refractivity contribution in [2.75, 3.05) is 65.9 Å². The van der Waals surface area contributed by atoms with Crippen LogP contribution in [-0.2, 0) is 38.9 Å². The summed E-state index contributed by atoms with van der Waals surface area (Å²) in [5.41, 5.74) is 2.04. The van der Waals surface area contributed by atoms with Gasteiger partial charge in [0.1, 0.15) is 23.1 Å². The number of hydrogen-bond donors (Lipinski definition) is 4. The van der Waals surface area contributed by atoms with Crippen LogP contribution in [0.3, 0.4) is 0 Å². The van der Waals surface area contributed by atoms with Crippen molar-refractivity contribution in [2.45, 2.75) is 69.9 Å². The summed E-state index contributed by atoms with van der Waals surface area (Å²) < 4.78 is 66.9. The Balaban J connectivity index is 0.776. The Morgan fingerprint density at radius 2 is 1.57 bits per heavy atom. The smallest absolute Gasteiger partial charge is 0.371 e. The number of sulfonamides is 1. The molecular formula is C43H49F3N12O6S. The molecule has 8 rings (SSSR count). The summed E-state index contributed by atoms with van der Waals surface area (Å²) in [5.74, 6) is -2.13. The van der Waals surface area contributed by atoms with E-state index in [1.807, 2.05) is 18.2 Å². The van der Waals surface area contributed by atoms with Crippen LogP contribution in [0.15, 0.2) is 61.1 Å². The van der Waals surface area contributed by atoms with E-state index in [0.717, 1.165) is 85.1 Å². The highest BCUT2D eigenvalue weighted by molar-refractivity contribution is 7.92. The highest BCUT2D eigenvalue weighted by Gasteiger charge is 2.45. The van der Waals surface area contributed by atoms with E-state index in [9.17, 15) is 40.8 Å². The molecule has 0 spiro atoms. The molecule has 4 amide bonds. The fourth-order valence-corrected chi connectivity index (χ4v) is 9.13. The topological polar surface area (TPSA) is 215 Å². The lowest BCUT2D eigenvalue weighted by Crippen LogP contribution is -2.54. The molecular weight excluding hydrogens is 870 g/mol. The first-order valence-electron chi connectivity index (χ1n) is 21.4. The highest BCUT2D eigenvalue weighted by Crippen LogP contribution is 2.35. The number of imide groups is 2. The summed E-state index contributed by atoms with van der Waals surface area (Å²) in [6.45, 7) is 4.97. The van der Waals surface area contributed by atoms with E-state index < -0.39 is 57.3 Å². The van der Waals surface area contributed by atoms with Gasteiger partial charge in [0.25, 0.3) is 11.8 Å². The molecule has 6 heterocycles. The zero-order chi connectivity index (χ0) is 46.0. The number of carbonyl (C=O) groups excluding carboxylic acids is 4. The average molecular weight is 919 g/mol. The Bertz CT molecular complexity index is 2570. The maximum absolute atomic E-state index is 13.9. The number of anilines is 5. The van der Waals surface area contributed by atoms with Crippen molar-refractivity contribution in [3.05, 3.63) is 89.0 Å². The zero-order valence-electron chi connectivity index (χ0n) is 35.8. The van der Waals surface area contributed by atoms with Gasteiger partial charge in [0.05, 0.1) is 23.9 Å². The van der Waals surface area contributed by atoms with Gasteiger partial charge in [0.2, 0.25) is 27.8 Å². The number of aromatic nitrogens is 4.